The van der Waals surface area contributed by atoms with E-state index in [-0.39, 0.29) is 18.4 Å². The van der Waals surface area contributed by atoms with Gasteiger partial charge in [0.2, 0.25) is 10.0 Å². The monoisotopic (exact) mass is 258 g/mol. The van der Waals surface area contributed by atoms with Crippen LogP contribution in [0.2, 0.25) is 0 Å². The van der Waals surface area contributed by atoms with Gasteiger partial charge in [0.05, 0.1) is 4.90 Å². The summed E-state index contributed by atoms with van der Waals surface area (Å²) in [6.45, 7) is 3.60. The van der Waals surface area contributed by atoms with Crippen molar-refractivity contribution in [2.45, 2.75) is 4.90 Å². The molecule has 0 fully saturated rings. The van der Waals surface area contributed by atoms with E-state index in [4.69, 9.17) is 9.47 Å². The molecule has 0 aliphatic rings. The lowest BCUT2D eigenvalue weighted by Gasteiger charge is -2.20. The van der Waals surface area contributed by atoms with Gasteiger partial charge in [-0.2, -0.15) is 0 Å². The summed E-state index contributed by atoms with van der Waals surface area (Å²) < 4.78 is 35.1. The van der Waals surface area contributed by atoms with E-state index in [1.54, 1.807) is 12.1 Å². The molecule has 0 amide bonds. The predicted octanol–water partition coefficient (Wildman–Crippen LogP) is 1.07. The van der Waals surface area contributed by atoms with Crippen molar-refractivity contribution >= 4 is 10.0 Å². The van der Waals surface area contributed by atoms with Gasteiger partial charge in [0.25, 0.3) is 0 Å². The first-order valence-corrected chi connectivity index (χ1v) is 6.36. The maximum Gasteiger partial charge on any atom is 0.246 e. The normalized spacial score (nSPS) is 12.0. The van der Waals surface area contributed by atoms with Crippen LogP contribution >= 0.6 is 0 Å². The van der Waals surface area contributed by atoms with Gasteiger partial charge < -0.3 is 9.47 Å². The molecule has 5 nitrogen and oxygen atoms in total. The molecule has 1 radical (unpaired) electrons. The maximum atomic E-state index is 12.2. The van der Waals surface area contributed by atoms with E-state index >= 15 is 0 Å². The molecule has 95 valence electrons. The molecule has 0 aliphatic carbocycles. The SMILES string of the molecule is [CH2]c1ccc(S(=O)(=O)N(COC)COC)cc1. The Morgan fingerprint density at radius 1 is 1.12 bits per heavy atom. The van der Waals surface area contributed by atoms with E-state index in [0.29, 0.717) is 0 Å². The molecule has 0 heterocycles. The van der Waals surface area contributed by atoms with Gasteiger partial charge in [0, 0.05) is 14.2 Å². The first-order chi connectivity index (χ1) is 8.02. The van der Waals surface area contributed by atoms with Crippen LogP contribution in [-0.2, 0) is 19.5 Å². The Kier molecular flexibility index (Phi) is 5.07. The summed E-state index contributed by atoms with van der Waals surface area (Å²) in [5.41, 5.74) is 0.758. The van der Waals surface area contributed by atoms with Crippen molar-refractivity contribution in [1.82, 2.24) is 4.31 Å². The predicted molar refractivity (Wildman–Crippen MR) is 63.7 cm³/mol. The van der Waals surface area contributed by atoms with E-state index in [9.17, 15) is 8.42 Å². The minimum Gasteiger partial charge on any atom is -0.368 e. The summed E-state index contributed by atoms with van der Waals surface area (Å²) in [7, 11) is -0.731. The zero-order valence-electron chi connectivity index (χ0n) is 9.92. The molecule has 0 bridgehead atoms. The largest absolute Gasteiger partial charge is 0.368 e. The Hall–Kier alpha value is -0.950. The van der Waals surface area contributed by atoms with Crippen molar-refractivity contribution in [3.8, 4) is 0 Å². The number of rotatable bonds is 6. The molecule has 0 atom stereocenters. The molecule has 0 N–H and O–H groups in total. The number of benzene rings is 1. The smallest absolute Gasteiger partial charge is 0.246 e. The fourth-order valence-electron chi connectivity index (χ4n) is 1.27. The molecule has 0 saturated heterocycles. The number of nitrogens with zero attached hydrogens (tertiary/aromatic N) is 1. The van der Waals surface area contributed by atoms with Crippen molar-refractivity contribution in [1.29, 1.82) is 0 Å². The van der Waals surface area contributed by atoms with Gasteiger partial charge >= 0.3 is 0 Å². The Balaban J connectivity index is 3.02. The molecule has 17 heavy (non-hydrogen) atoms. The van der Waals surface area contributed by atoms with Crippen molar-refractivity contribution in [3.05, 3.63) is 36.8 Å². The van der Waals surface area contributed by atoms with Gasteiger partial charge in [0.1, 0.15) is 13.5 Å². The van der Waals surface area contributed by atoms with Crippen molar-refractivity contribution in [3.63, 3.8) is 0 Å². The van der Waals surface area contributed by atoms with Crippen molar-refractivity contribution in [2.75, 3.05) is 27.7 Å². The zero-order chi connectivity index (χ0) is 12.9. The number of methoxy groups -OCH3 is 2. The highest BCUT2D eigenvalue weighted by molar-refractivity contribution is 7.89. The van der Waals surface area contributed by atoms with E-state index in [0.717, 1.165) is 9.87 Å². The second-order valence-corrected chi connectivity index (χ2v) is 5.37. The lowest BCUT2D eigenvalue weighted by atomic mass is 10.2. The maximum absolute atomic E-state index is 12.2. The second-order valence-electron chi connectivity index (χ2n) is 3.44. The van der Waals surface area contributed by atoms with Gasteiger partial charge in [-0.05, 0) is 24.6 Å². The lowest BCUT2D eigenvalue weighted by Crippen LogP contribution is -2.34. The first-order valence-electron chi connectivity index (χ1n) is 4.92. The summed E-state index contributed by atoms with van der Waals surface area (Å²) >= 11 is 0. The fraction of sp³-hybridized carbons (Fsp3) is 0.364. The molecule has 0 unspecified atom stereocenters. The van der Waals surface area contributed by atoms with Crippen molar-refractivity contribution in [2.24, 2.45) is 0 Å². The number of hydrogen-bond acceptors (Lipinski definition) is 4. The number of sulfonamides is 1. The minimum atomic E-state index is -3.59. The summed E-state index contributed by atoms with van der Waals surface area (Å²) in [5, 5.41) is 0. The van der Waals surface area contributed by atoms with Crippen LogP contribution in [0.4, 0.5) is 0 Å². The molecule has 0 saturated carbocycles. The third-order valence-corrected chi connectivity index (χ3v) is 3.87. The first kappa shape index (κ1) is 14.1. The summed E-state index contributed by atoms with van der Waals surface area (Å²) in [4.78, 5) is 0.194. The number of hydrogen-bond donors (Lipinski definition) is 0. The fourth-order valence-corrected chi connectivity index (χ4v) is 2.54. The van der Waals surface area contributed by atoms with Gasteiger partial charge in [-0.15, -0.1) is 4.31 Å². The highest BCUT2D eigenvalue weighted by Gasteiger charge is 2.23. The van der Waals surface area contributed by atoms with Gasteiger partial charge in [-0.1, -0.05) is 12.1 Å². The standard InChI is InChI=1S/C11H16NO4S/c1-10-4-6-11(7-5-10)17(13,14)12(8-15-2)9-16-3/h4-7H,1,8-9H2,2-3H3. The molecule has 0 spiro atoms. The van der Waals surface area contributed by atoms with Crippen LogP contribution in [0.25, 0.3) is 0 Å². The lowest BCUT2D eigenvalue weighted by molar-refractivity contribution is 0.0405. The molecule has 6 heteroatoms. The van der Waals surface area contributed by atoms with Gasteiger partial charge in [0.15, 0.2) is 0 Å². The molecular formula is C11H16NO4S. The van der Waals surface area contributed by atoms with E-state index in [1.807, 2.05) is 0 Å². The van der Waals surface area contributed by atoms with E-state index in [2.05, 4.69) is 6.92 Å². The minimum absolute atomic E-state index is 0.0533. The summed E-state index contributed by atoms with van der Waals surface area (Å²) in [5.74, 6) is 0. The van der Waals surface area contributed by atoms with Crippen molar-refractivity contribution < 1.29 is 17.9 Å². The van der Waals surface area contributed by atoms with Crippen LogP contribution < -0.4 is 0 Å². The van der Waals surface area contributed by atoms with Crippen LogP contribution in [-0.4, -0.2) is 40.4 Å². The second kappa shape index (κ2) is 6.11. The Morgan fingerprint density at radius 3 is 2.00 bits per heavy atom. The van der Waals surface area contributed by atoms with E-state index in [1.165, 1.54) is 26.4 Å². The third kappa shape index (κ3) is 3.50. The molecule has 1 aromatic carbocycles. The highest BCUT2D eigenvalue weighted by atomic mass is 32.2. The quantitative estimate of drug-likeness (QED) is 0.716. The zero-order valence-corrected chi connectivity index (χ0v) is 10.7. The third-order valence-electron chi connectivity index (χ3n) is 2.11. The van der Waals surface area contributed by atoms with Gasteiger partial charge in [-0.25, -0.2) is 8.42 Å². The van der Waals surface area contributed by atoms with Crippen LogP contribution in [0.5, 0.6) is 0 Å². The molecule has 1 aromatic rings. The molecule has 0 aliphatic heterocycles. The summed E-state index contributed by atoms with van der Waals surface area (Å²) in [6, 6.07) is 6.31. The topological polar surface area (TPSA) is 55.8 Å². The molecular weight excluding hydrogens is 242 g/mol. The average Bonchev–Trinajstić information content (AvgIpc) is 2.29. The van der Waals surface area contributed by atoms with Gasteiger partial charge in [-0.3, -0.25) is 0 Å². The van der Waals surface area contributed by atoms with Crippen LogP contribution in [0.1, 0.15) is 5.56 Å². The Bertz CT molecular complexity index is 435. The van der Waals surface area contributed by atoms with Crippen LogP contribution in [0.3, 0.4) is 0 Å². The number of ether oxygens (including phenoxy) is 2. The van der Waals surface area contributed by atoms with Crippen LogP contribution in [0, 0.1) is 6.92 Å². The van der Waals surface area contributed by atoms with E-state index < -0.39 is 10.0 Å². The molecule has 0 aromatic heterocycles. The van der Waals surface area contributed by atoms with Crippen LogP contribution in [0.15, 0.2) is 29.2 Å². The Morgan fingerprint density at radius 2 is 1.59 bits per heavy atom. The highest BCUT2D eigenvalue weighted by Crippen LogP contribution is 2.16. The summed E-state index contributed by atoms with van der Waals surface area (Å²) in [6.07, 6.45) is 0. The Labute approximate surface area is 102 Å². The molecule has 1 rings (SSSR count). The average molecular weight is 258 g/mol.